The Labute approximate surface area is 67.8 Å². The van der Waals surface area contributed by atoms with Crippen LogP contribution < -0.4 is 5.32 Å². The van der Waals surface area contributed by atoms with E-state index in [9.17, 15) is 4.39 Å². The zero-order valence-corrected chi connectivity index (χ0v) is 7.15. The molecule has 0 aromatic heterocycles. The van der Waals surface area contributed by atoms with Crippen molar-refractivity contribution in [1.29, 1.82) is 0 Å². The van der Waals surface area contributed by atoms with Crippen LogP contribution in [-0.2, 0) is 0 Å². The van der Waals surface area contributed by atoms with Crippen LogP contribution in [0.5, 0.6) is 0 Å². The van der Waals surface area contributed by atoms with Crippen LogP contribution in [-0.4, -0.2) is 31.5 Å². The molecule has 0 aromatic rings. The summed E-state index contributed by atoms with van der Waals surface area (Å²) >= 11 is 0. The predicted octanol–water partition coefficient (Wildman–Crippen LogP) is 0.954. The summed E-state index contributed by atoms with van der Waals surface area (Å²) in [5.41, 5.74) is 0. The standard InChI is InChI=1S/C8H18FNO/c1-8(3-6-11)7-10-5-2-4-9/h8,10-11H,2-7H2,1H3. The molecule has 0 saturated heterocycles. The van der Waals surface area contributed by atoms with E-state index < -0.39 is 0 Å². The van der Waals surface area contributed by atoms with Crippen molar-refractivity contribution in [3.05, 3.63) is 0 Å². The van der Waals surface area contributed by atoms with Crippen molar-refractivity contribution < 1.29 is 9.50 Å². The van der Waals surface area contributed by atoms with Crippen LogP contribution in [0, 0.1) is 5.92 Å². The minimum atomic E-state index is -0.249. The van der Waals surface area contributed by atoms with Gasteiger partial charge in [0.25, 0.3) is 0 Å². The molecule has 0 fully saturated rings. The van der Waals surface area contributed by atoms with Crippen molar-refractivity contribution in [3.8, 4) is 0 Å². The first kappa shape index (κ1) is 10.8. The largest absolute Gasteiger partial charge is 0.396 e. The summed E-state index contributed by atoms with van der Waals surface area (Å²) in [4.78, 5) is 0. The van der Waals surface area contributed by atoms with Crippen LogP contribution in [0.1, 0.15) is 19.8 Å². The average Bonchev–Trinajstić information content (AvgIpc) is 1.99. The minimum absolute atomic E-state index is 0.242. The normalized spacial score (nSPS) is 13.4. The second-order valence-corrected chi connectivity index (χ2v) is 2.86. The molecule has 0 aromatic carbocycles. The van der Waals surface area contributed by atoms with Crippen LogP contribution in [0.2, 0.25) is 0 Å². The lowest BCUT2D eigenvalue weighted by Gasteiger charge is -2.09. The van der Waals surface area contributed by atoms with Gasteiger partial charge >= 0.3 is 0 Å². The van der Waals surface area contributed by atoms with E-state index in [4.69, 9.17) is 5.11 Å². The molecule has 0 saturated carbocycles. The van der Waals surface area contributed by atoms with E-state index in [0.717, 1.165) is 19.5 Å². The van der Waals surface area contributed by atoms with E-state index in [1.165, 1.54) is 0 Å². The van der Waals surface area contributed by atoms with Crippen molar-refractivity contribution in [2.24, 2.45) is 5.92 Å². The Bertz CT molecular complexity index is 80.5. The minimum Gasteiger partial charge on any atom is -0.396 e. The Morgan fingerprint density at radius 3 is 2.82 bits per heavy atom. The zero-order chi connectivity index (χ0) is 8.53. The van der Waals surface area contributed by atoms with Gasteiger partial charge in [-0.05, 0) is 31.8 Å². The maximum Gasteiger partial charge on any atom is 0.0906 e. The monoisotopic (exact) mass is 163 g/mol. The fourth-order valence-electron chi connectivity index (χ4n) is 0.863. The molecule has 0 aliphatic heterocycles. The van der Waals surface area contributed by atoms with E-state index >= 15 is 0 Å². The highest BCUT2D eigenvalue weighted by molar-refractivity contribution is 4.55. The lowest BCUT2D eigenvalue weighted by atomic mass is 10.1. The SMILES string of the molecule is CC(CCO)CNCCCF. The summed E-state index contributed by atoms with van der Waals surface area (Å²) in [6, 6.07) is 0. The summed E-state index contributed by atoms with van der Waals surface area (Å²) in [5.74, 6) is 0.486. The molecule has 0 heterocycles. The first-order chi connectivity index (χ1) is 5.31. The highest BCUT2D eigenvalue weighted by Gasteiger charge is 1.98. The molecule has 2 N–H and O–H groups in total. The molecule has 0 aliphatic carbocycles. The molecular formula is C8H18FNO. The number of halogens is 1. The highest BCUT2D eigenvalue weighted by atomic mass is 19.1. The summed E-state index contributed by atoms with van der Waals surface area (Å²) in [5, 5.41) is 11.7. The van der Waals surface area contributed by atoms with E-state index in [-0.39, 0.29) is 13.3 Å². The number of hydrogen-bond acceptors (Lipinski definition) is 2. The fraction of sp³-hybridized carbons (Fsp3) is 1.00. The van der Waals surface area contributed by atoms with Crippen molar-refractivity contribution in [2.45, 2.75) is 19.8 Å². The summed E-state index contributed by atoms with van der Waals surface area (Å²) in [6.45, 7) is 3.68. The second kappa shape index (κ2) is 7.95. The zero-order valence-electron chi connectivity index (χ0n) is 7.15. The summed E-state index contributed by atoms with van der Waals surface area (Å²) < 4.78 is 11.6. The van der Waals surface area contributed by atoms with Crippen molar-refractivity contribution in [2.75, 3.05) is 26.4 Å². The topological polar surface area (TPSA) is 32.3 Å². The molecule has 1 unspecified atom stereocenters. The van der Waals surface area contributed by atoms with Gasteiger partial charge in [-0.25, -0.2) is 0 Å². The van der Waals surface area contributed by atoms with Crippen molar-refractivity contribution >= 4 is 0 Å². The Hall–Kier alpha value is -0.150. The van der Waals surface area contributed by atoms with E-state index in [0.29, 0.717) is 12.3 Å². The van der Waals surface area contributed by atoms with Gasteiger partial charge in [0.1, 0.15) is 0 Å². The molecule has 0 spiro atoms. The lowest BCUT2D eigenvalue weighted by Crippen LogP contribution is -2.23. The van der Waals surface area contributed by atoms with Crippen LogP contribution in [0.25, 0.3) is 0 Å². The van der Waals surface area contributed by atoms with Crippen LogP contribution in [0.3, 0.4) is 0 Å². The third-order valence-electron chi connectivity index (χ3n) is 1.60. The number of nitrogens with one attached hydrogen (secondary N) is 1. The third kappa shape index (κ3) is 7.75. The van der Waals surface area contributed by atoms with Gasteiger partial charge in [-0.1, -0.05) is 6.92 Å². The van der Waals surface area contributed by atoms with Gasteiger partial charge in [-0.2, -0.15) is 0 Å². The van der Waals surface area contributed by atoms with Crippen molar-refractivity contribution in [1.82, 2.24) is 5.32 Å². The second-order valence-electron chi connectivity index (χ2n) is 2.86. The molecule has 0 rings (SSSR count). The molecule has 68 valence electrons. The van der Waals surface area contributed by atoms with Crippen LogP contribution in [0.4, 0.5) is 4.39 Å². The summed E-state index contributed by atoms with van der Waals surface area (Å²) in [6.07, 6.45) is 1.41. The number of rotatable bonds is 7. The Morgan fingerprint density at radius 2 is 2.27 bits per heavy atom. The van der Waals surface area contributed by atoms with E-state index in [1.54, 1.807) is 0 Å². The van der Waals surface area contributed by atoms with Gasteiger partial charge in [-0.15, -0.1) is 0 Å². The van der Waals surface area contributed by atoms with Crippen LogP contribution in [0.15, 0.2) is 0 Å². The first-order valence-corrected chi connectivity index (χ1v) is 4.18. The molecule has 2 nitrogen and oxygen atoms in total. The summed E-state index contributed by atoms with van der Waals surface area (Å²) in [7, 11) is 0. The molecule has 3 heteroatoms. The molecule has 0 aliphatic rings. The highest BCUT2D eigenvalue weighted by Crippen LogP contribution is 1.97. The van der Waals surface area contributed by atoms with Gasteiger partial charge in [0.05, 0.1) is 6.67 Å². The van der Waals surface area contributed by atoms with Crippen LogP contribution >= 0.6 is 0 Å². The fourth-order valence-corrected chi connectivity index (χ4v) is 0.863. The molecule has 0 bridgehead atoms. The maximum absolute atomic E-state index is 11.6. The van der Waals surface area contributed by atoms with Gasteiger partial charge in [-0.3, -0.25) is 4.39 Å². The lowest BCUT2D eigenvalue weighted by molar-refractivity contribution is 0.260. The van der Waals surface area contributed by atoms with Gasteiger partial charge in [0.2, 0.25) is 0 Å². The third-order valence-corrected chi connectivity index (χ3v) is 1.60. The number of aliphatic hydroxyl groups excluding tert-OH is 1. The number of aliphatic hydroxyl groups is 1. The quantitative estimate of drug-likeness (QED) is 0.548. The van der Waals surface area contributed by atoms with Gasteiger partial charge < -0.3 is 10.4 Å². The van der Waals surface area contributed by atoms with Gasteiger partial charge in [0.15, 0.2) is 0 Å². The smallest absolute Gasteiger partial charge is 0.0906 e. The van der Waals surface area contributed by atoms with Crippen molar-refractivity contribution in [3.63, 3.8) is 0 Å². The molecule has 0 amide bonds. The Balaban J connectivity index is 2.97. The molecule has 11 heavy (non-hydrogen) atoms. The number of hydrogen-bond donors (Lipinski definition) is 2. The van der Waals surface area contributed by atoms with E-state index in [1.807, 2.05) is 0 Å². The van der Waals surface area contributed by atoms with E-state index in [2.05, 4.69) is 12.2 Å². The molecule has 0 radical (unpaired) electrons. The number of alkyl halides is 1. The average molecular weight is 163 g/mol. The molecular weight excluding hydrogens is 145 g/mol. The predicted molar refractivity (Wildman–Crippen MR) is 44.3 cm³/mol. The first-order valence-electron chi connectivity index (χ1n) is 4.18. The Kier molecular flexibility index (Phi) is 7.84. The maximum atomic E-state index is 11.6. The molecule has 1 atom stereocenters. The van der Waals surface area contributed by atoms with Gasteiger partial charge in [0, 0.05) is 6.61 Å². The Morgan fingerprint density at radius 1 is 1.55 bits per heavy atom.